The Bertz CT molecular complexity index is 211. The van der Waals surface area contributed by atoms with Crippen molar-refractivity contribution in [1.82, 2.24) is 5.32 Å². The first-order valence-electron chi connectivity index (χ1n) is 4.60. The molecule has 1 N–H and O–H groups in total. The Balaban J connectivity index is 2.59. The number of nitrogens with one attached hydrogen (secondary N) is 1. The van der Waals surface area contributed by atoms with Crippen LogP contribution in [0.2, 0.25) is 0 Å². The molecular formula is C9H15NO4. The van der Waals surface area contributed by atoms with E-state index in [1.165, 1.54) is 7.11 Å². The molecule has 1 aliphatic heterocycles. The van der Waals surface area contributed by atoms with Crippen LogP contribution in [0.4, 0.5) is 4.79 Å². The van der Waals surface area contributed by atoms with Crippen LogP contribution >= 0.6 is 0 Å². The van der Waals surface area contributed by atoms with Crippen LogP contribution in [0.25, 0.3) is 0 Å². The Morgan fingerprint density at radius 3 is 2.71 bits per heavy atom. The van der Waals surface area contributed by atoms with E-state index in [1.807, 2.05) is 0 Å². The van der Waals surface area contributed by atoms with Gasteiger partial charge >= 0.3 is 6.09 Å². The van der Waals surface area contributed by atoms with E-state index in [9.17, 15) is 9.59 Å². The van der Waals surface area contributed by atoms with Crippen LogP contribution in [-0.2, 0) is 14.3 Å². The number of ether oxygens (including phenoxy) is 2. The van der Waals surface area contributed by atoms with Crippen molar-refractivity contribution >= 4 is 12.4 Å². The lowest BCUT2D eigenvalue weighted by Crippen LogP contribution is -2.52. The van der Waals surface area contributed by atoms with E-state index in [2.05, 4.69) is 10.1 Å². The van der Waals surface area contributed by atoms with Gasteiger partial charge in [0.1, 0.15) is 6.29 Å². The quantitative estimate of drug-likeness (QED) is 0.674. The van der Waals surface area contributed by atoms with E-state index in [-0.39, 0.29) is 0 Å². The molecule has 0 radical (unpaired) electrons. The zero-order valence-corrected chi connectivity index (χ0v) is 8.25. The van der Waals surface area contributed by atoms with Crippen molar-refractivity contribution in [2.45, 2.75) is 24.8 Å². The second-order valence-corrected chi connectivity index (χ2v) is 3.38. The Morgan fingerprint density at radius 2 is 2.21 bits per heavy atom. The lowest BCUT2D eigenvalue weighted by atomic mass is 9.87. The molecule has 80 valence electrons. The summed E-state index contributed by atoms with van der Waals surface area (Å²) in [6, 6.07) is 0. The van der Waals surface area contributed by atoms with E-state index in [1.54, 1.807) is 0 Å². The summed E-state index contributed by atoms with van der Waals surface area (Å²) in [5.41, 5.74) is -0.465. The minimum absolute atomic E-state index is 0.311. The summed E-state index contributed by atoms with van der Waals surface area (Å²) in [6.45, 7) is 1.13. The summed E-state index contributed by atoms with van der Waals surface area (Å²) in [5.74, 6) is 0. The van der Waals surface area contributed by atoms with Crippen molar-refractivity contribution in [3.05, 3.63) is 0 Å². The number of methoxy groups -OCH3 is 1. The standard InChI is InChI=1S/C9H15NO4/c1-13-8(12)10-9(2-5-11)3-6-14-7-4-9/h5H,2-4,6-7H2,1H3,(H,10,12). The van der Waals surface area contributed by atoms with E-state index in [0.29, 0.717) is 32.5 Å². The van der Waals surface area contributed by atoms with E-state index < -0.39 is 11.6 Å². The molecule has 0 bridgehead atoms. The van der Waals surface area contributed by atoms with E-state index in [4.69, 9.17) is 4.74 Å². The van der Waals surface area contributed by atoms with Crippen molar-refractivity contribution < 1.29 is 19.1 Å². The van der Waals surface area contributed by atoms with Gasteiger partial charge in [-0.1, -0.05) is 0 Å². The Morgan fingerprint density at radius 1 is 1.57 bits per heavy atom. The minimum atomic E-state index is -0.492. The largest absolute Gasteiger partial charge is 0.453 e. The van der Waals surface area contributed by atoms with Gasteiger partial charge in [0, 0.05) is 19.6 Å². The fourth-order valence-electron chi connectivity index (χ4n) is 1.57. The van der Waals surface area contributed by atoms with Crippen LogP contribution in [-0.4, -0.2) is 38.2 Å². The number of rotatable bonds is 3. The zero-order valence-electron chi connectivity index (χ0n) is 8.25. The summed E-state index contributed by atoms with van der Waals surface area (Å²) in [5, 5.41) is 2.71. The Labute approximate surface area is 82.8 Å². The number of hydrogen-bond acceptors (Lipinski definition) is 4. The van der Waals surface area contributed by atoms with Crippen molar-refractivity contribution in [2.75, 3.05) is 20.3 Å². The number of aldehydes is 1. The highest BCUT2D eigenvalue weighted by molar-refractivity contribution is 5.69. The molecule has 14 heavy (non-hydrogen) atoms. The van der Waals surface area contributed by atoms with Gasteiger partial charge in [0.25, 0.3) is 0 Å². The molecule has 0 aromatic carbocycles. The predicted molar refractivity (Wildman–Crippen MR) is 49.0 cm³/mol. The monoisotopic (exact) mass is 201 g/mol. The SMILES string of the molecule is COC(=O)NC1(CC=O)CCOCC1. The van der Waals surface area contributed by atoms with Crippen LogP contribution in [0.15, 0.2) is 0 Å². The molecule has 1 rings (SSSR count). The van der Waals surface area contributed by atoms with Crippen molar-refractivity contribution in [1.29, 1.82) is 0 Å². The first-order valence-corrected chi connectivity index (χ1v) is 4.60. The van der Waals surface area contributed by atoms with Crippen LogP contribution < -0.4 is 5.32 Å². The molecule has 0 aliphatic carbocycles. The normalized spacial score (nSPS) is 19.8. The molecule has 0 aromatic rings. The van der Waals surface area contributed by atoms with Gasteiger partial charge in [0.15, 0.2) is 0 Å². The van der Waals surface area contributed by atoms with Gasteiger partial charge in [0.05, 0.1) is 12.6 Å². The average Bonchev–Trinajstić information content (AvgIpc) is 2.19. The predicted octanol–water partition coefficient (Wildman–Crippen LogP) is 0.481. The van der Waals surface area contributed by atoms with Gasteiger partial charge in [-0.25, -0.2) is 4.79 Å². The third kappa shape index (κ3) is 2.70. The number of alkyl carbamates (subject to hydrolysis) is 1. The van der Waals surface area contributed by atoms with Crippen molar-refractivity contribution in [3.63, 3.8) is 0 Å². The summed E-state index contributed by atoms with van der Waals surface area (Å²) in [6.07, 6.45) is 1.95. The van der Waals surface area contributed by atoms with Gasteiger partial charge in [-0.2, -0.15) is 0 Å². The van der Waals surface area contributed by atoms with Gasteiger partial charge in [-0.05, 0) is 12.8 Å². The second-order valence-electron chi connectivity index (χ2n) is 3.38. The second kappa shape index (κ2) is 4.95. The highest BCUT2D eigenvalue weighted by atomic mass is 16.5. The van der Waals surface area contributed by atoms with Gasteiger partial charge in [-0.3, -0.25) is 0 Å². The molecule has 0 atom stereocenters. The molecule has 1 amide bonds. The zero-order chi connectivity index (χ0) is 10.4. The molecule has 0 spiro atoms. The Kier molecular flexibility index (Phi) is 3.88. The fraction of sp³-hybridized carbons (Fsp3) is 0.778. The first kappa shape index (κ1) is 11.0. The van der Waals surface area contributed by atoms with Crippen LogP contribution in [0.1, 0.15) is 19.3 Å². The Hall–Kier alpha value is -1.10. The summed E-state index contributed by atoms with van der Waals surface area (Å²) < 4.78 is 9.70. The molecule has 5 nitrogen and oxygen atoms in total. The van der Waals surface area contributed by atoms with Crippen LogP contribution in [0.3, 0.4) is 0 Å². The number of amides is 1. The third-order valence-electron chi connectivity index (χ3n) is 2.48. The first-order chi connectivity index (χ1) is 6.72. The molecule has 1 heterocycles. The van der Waals surface area contributed by atoms with Gasteiger partial charge < -0.3 is 19.6 Å². The minimum Gasteiger partial charge on any atom is -0.453 e. The summed E-state index contributed by atoms with van der Waals surface area (Å²) in [4.78, 5) is 21.6. The molecule has 1 saturated heterocycles. The summed E-state index contributed by atoms with van der Waals surface area (Å²) >= 11 is 0. The molecule has 5 heteroatoms. The maximum absolute atomic E-state index is 11.1. The third-order valence-corrected chi connectivity index (χ3v) is 2.48. The van der Waals surface area contributed by atoms with E-state index in [0.717, 1.165) is 6.29 Å². The maximum atomic E-state index is 11.1. The number of hydrogen-bond donors (Lipinski definition) is 1. The smallest absolute Gasteiger partial charge is 0.407 e. The van der Waals surface area contributed by atoms with Crippen molar-refractivity contribution in [3.8, 4) is 0 Å². The van der Waals surface area contributed by atoms with Crippen molar-refractivity contribution in [2.24, 2.45) is 0 Å². The molecular weight excluding hydrogens is 186 g/mol. The van der Waals surface area contributed by atoms with Gasteiger partial charge in [0.2, 0.25) is 0 Å². The summed E-state index contributed by atoms with van der Waals surface area (Å²) in [7, 11) is 1.31. The molecule has 0 aromatic heterocycles. The van der Waals surface area contributed by atoms with E-state index >= 15 is 0 Å². The number of carbonyl (C=O) groups excluding carboxylic acids is 2. The maximum Gasteiger partial charge on any atom is 0.407 e. The highest BCUT2D eigenvalue weighted by Crippen LogP contribution is 2.23. The van der Waals surface area contributed by atoms with Crippen LogP contribution in [0, 0.1) is 0 Å². The number of carbonyl (C=O) groups is 2. The lowest BCUT2D eigenvalue weighted by molar-refractivity contribution is -0.110. The molecule has 0 unspecified atom stereocenters. The van der Waals surface area contributed by atoms with Crippen LogP contribution in [0.5, 0.6) is 0 Å². The topological polar surface area (TPSA) is 64.6 Å². The molecule has 1 fully saturated rings. The molecule has 0 saturated carbocycles. The lowest BCUT2D eigenvalue weighted by Gasteiger charge is -2.35. The van der Waals surface area contributed by atoms with Gasteiger partial charge in [-0.15, -0.1) is 0 Å². The highest BCUT2D eigenvalue weighted by Gasteiger charge is 2.34. The fourth-order valence-corrected chi connectivity index (χ4v) is 1.57. The average molecular weight is 201 g/mol. The molecule has 1 aliphatic rings.